The molecule has 30 heavy (non-hydrogen) atoms. The molecule has 7 nitrogen and oxygen atoms in total. The van der Waals surface area contributed by atoms with E-state index >= 15 is 0 Å². The van der Waals surface area contributed by atoms with Gasteiger partial charge in [0, 0.05) is 6.54 Å². The highest BCUT2D eigenvalue weighted by Gasteiger charge is 2.32. The fourth-order valence-corrected chi connectivity index (χ4v) is 2.79. The van der Waals surface area contributed by atoms with Crippen LogP contribution in [-0.4, -0.2) is 49.1 Å². The lowest BCUT2D eigenvalue weighted by molar-refractivity contribution is -0.153. The van der Waals surface area contributed by atoms with Gasteiger partial charge in [0.2, 0.25) is 0 Å². The lowest BCUT2D eigenvalue weighted by atomic mass is 10.1. The number of hydrogen-bond donors (Lipinski definition) is 2. The van der Waals surface area contributed by atoms with Crippen molar-refractivity contribution in [2.75, 3.05) is 18.5 Å². The predicted molar refractivity (Wildman–Crippen MR) is 103 cm³/mol. The first-order valence-corrected chi connectivity index (χ1v) is 9.56. The van der Waals surface area contributed by atoms with Crippen LogP contribution in [0, 0.1) is 6.92 Å². The number of alkyl carbamates (subject to hydrolysis) is 1. The molecule has 1 aromatic rings. The number of carbonyl (C=O) groups excluding carboxylic acids is 2. The van der Waals surface area contributed by atoms with Gasteiger partial charge in [-0.25, -0.2) is 4.79 Å². The number of halogens is 3. The molecule has 0 unspecified atom stereocenters. The van der Waals surface area contributed by atoms with Gasteiger partial charge in [0.15, 0.2) is 6.61 Å². The molecule has 0 aliphatic carbocycles. The monoisotopic (exact) mass is 432 g/mol. The summed E-state index contributed by atoms with van der Waals surface area (Å²) >= 11 is 0. The lowest BCUT2D eigenvalue weighted by Crippen LogP contribution is -2.37. The smallest absolute Gasteiger partial charge is 0.422 e. The van der Waals surface area contributed by atoms with Gasteiger partial charge >= 0.3 is 12.3 Å². The summed E-state index contributed by atoms with van der Waals surface area (Å²) in [6, 6.07) is 4.55. The third-order valence-corrected chi connectivity index (χ3v) is 4.06. The Kier molecular flexibility index (Phi) is 7.57. The van der Waals surface area contributed by atoms with E-state index in [9.17, 15) is 22.8 Å². The summed E-state index contributed by atoms with van der Waals surface area (Å²) in [4.78, 5) is 24.2. The Morgan fingerprint density at radius 2 is 1.90 bits per heavy atom. The van der Waals surface area contributed by atoms with Crippen LogP contribution in [0.4, 0.5) is 23.7 Å². The van der Waals surface area contributed by atoms with Crippen molar-refractivity contribution < 1.29 is 37.0 Å². The van der Waals surface area contributed by atoms with E-state index in [2.05, 4.69) is 10.6 Å². The summed E-state index contributed by atoms with van der Waals surface area (Å²) < 4.78 is 53.0. The Labute approximate surface area is 173 Å². The van der Waals surface area contributed by atoms with Crippen molar-refractivity contribution in [2.45, 2.75) is 64.5 Å². The number of amides is 2. The summed E-state index contributed by atoms with van der Waals surface area (Å²) in [7, 11) is 0. The van der Waals surface area contributed by atoms with Gasteiger partial charge in [-0.15, -0.1) is 0 Å². The minimum absolute atomic E-state index is 0.0678. The molecule has 1 aliphatic heterocycles. The molecule has 2 atom stereocenters. The summed E-state index contributed by atoms with van der Waals surface area (Å²) in [5.41, 5.74) is 0.201. The fourth-order valence-electron chi connectivity index (χ4n) is 2.79. The highest BCUT2D eigenvalue weighted by Crippen LogP contribution is 2.29. The SMILES string of the molecule is Cc1ccc(NC(=O)[C@@H]2CC[C@H](CNC(=O)OC(C)(C)C)O2)c(OCC(F)(F)F)c1. The van der Waals surface area contributed by atoms with E-state index in [1.807, 2.05) is 0 Å². The average molecular weight is 432 g/mol. The number of nitrogens with one attached hydrogen (secondary N) is 2. The van der Waals surface area contributed by atoms with Crippen molar-refractivity contribution in [3.05, 3.63) is 23.8 Å². The van der Waals surface area contributed by atoms with Gasteiger partial charge < -0.3 is 24.8 Å². The largest absolute Gasteiger partial charge is 0.482 e. The minimum atomic E-state index is -4.49. The number of hydrogen-bond acceptors (Lipinski definition) is 5. The van der Waals surface area contributed by atoms with Crippen molar-refractivity contribution in [3.8, 4) is 5.75 Å². The van der Waals surface area contributed by atoms with Crippen LogP contribution >= 0.6 is 0 Å². The number of aryl methyl sites for hydroxylation is 1. The highest BCUT2D eigenvalue weighted by molar-refractivity contribution is 5.95. The van der Waals surface area contributed by atoms with Gasteiger partial charge in [-0.2, -0.15) is 13.2 Å². The molecule has 10 heteroatoms. The Hall–Kier alpha value is -2.49. The normalized spacial score (nSPS) is 19.3. The molecule has 168 valence electrons. The van der Waals surface area contributed by atoms with Gasteiger partial charge in [-0.1, -0.05) is 6.07 Å². The molecule has 2 N–H and O–H groups in total. The van der Waals surface area contributed by atoms with Crippen molar-refractivity contribution in [1.29, 1.82) is 0 Å². The van der Waals surface area contributed by atoms with Crippen LogP contribution in [0.15, 0.2) is 18.2 Å². The van der Waals surface area contributed by atoms with Crippen LogP contribution in [0.1, 0.15) is 39.2 Å². The molecule has 2 amide bonds. The van der Waals surface area contributed by atoms with Crippen molar-refractivity contribution in [3.63, 3.8) is 0 Å². The summed E-state index contributed by atoms with van der Waals surface area (Å²) in [6.07, 6.45) is -5.27. The summed E-state index contributed by atoms with van der Waals surface area (Å²) in [5.74, 6) is -0.558. The maximum absolute atomic E-state index is 12.5. The molecule has 2 rings (SSSR count). The molecule has 0 saturated carbocycles. The van der Waals surface area contributed by atoms with E-state index in [1.54, 1.807) is 33.8 Å². The lowest BCUT2D eigenvalue weighted by Gasteiger charge is -2.21. The summed E-state index contributed by atoms with van der Waals surface area (Å²) in [5, 5.41) is 5.16. The van der Waals surface area contributed by atoms with Gasteiger partial charge in [-0.05, 0) is 58.2 Å². The van der Waals surface area contributed by atoms with E-state index in [-0.39, 0.29) is 24.1 Å². The zero-order valence-corrected chi connectivity index (χ0v) is 17.4. The zero-order valence-electron chi connectivity index (χ0n) is 17.4. The van der Waals surface area contributed by atoms with Crippen LogP contribution in [0.5, 0.6) is 5.75 Å². The van der Waals surface area contributed by atoms with E-state index in [4.69, 9.17) is 14.2 Å². The Balaban J connectivity index is 1.89. The number of ether oxygens (including phenoxy) is 3. The second-order valence-electron chi connectivity index (χ2n) is 8.10. The highest BCUT2D eigenvalue weighted by atomic mass is 19.4. The average Bonchev–Trinajstić information content (AvgIpc) is 3.07. The van der Waals surface area contributed by atoms with E-state index in [1.165, 1.54) is 12.1 Å². The molecule has 0 radical (unpaired) electrons. The fraction of sp³-hybridized carbons (Fsp3) is 0.600. The van der Waals surface area contributed by atoms with Crippen LogP contribution in [0.2, 0.25) is 0 Å². The first-order valence-electron chi connectivity index (χ1n) is 9.56. The first-order chi connectivity index (χ1) is 13.8. The Morgan fingerprint density at radius 1 is 1.20 bits per heavy atom. The third kappa shape index (κ3) is 8.10. The molecule has 0 aromatic heterocycles. The van der Waals surface area contributed by atoms with Crippen LogP contribution < -0.4 is 15.4 Å². The molecule has 1 aliphatic rings. The number of benzene rings is 1. The molecule has 0 bridgehead atoms. The third-order valence-electron chi connectivity index (χ3n) is 4.06. The second-order valence-corrected chi connectivity index (χ2v) is 8.10. The van der Waals surface area contributed by atoms with Crippen molar-refractivity contribution >= 4 is 17.7 Å². The van der Waals surface area contributed by atoms with E-state index in [0.29, 0.717) is 18.4 Å². The number of anilines is 1. The first kappa shape index (κ1) is 23.8. The van der Waals surface area contributed by atoms with Crippen molar-refractivity contribution in [2.24, 2.45) is 0 Å². The maximum atomic E-state index is 12.5. The number of rotatable bonds is 6. The van der Waals surface area contributed by atoms with Gasteiger partial charge in [0.25, 0.3) is 5.91 Å². The van der Waals surface area contributed by atoms with Crippen LogP contribution in [0.3, 0.4) is 0 Å². The Bertz CT molecular complexity index is 762. The summed E-state index contributed by atoms with van der Waals surface area (Å²) in [6.45, 7) is 5.67. The van der Waals surface area contributed by atoms with E-state index in [0.717, 1.165) is 0 Å². The standard InChI is InChI=1S/C20H27F3N2O5/c1-12-5-7-14(16(9-12)28-11-20(21,22)23)25-17(26)15-8-6-13(29-15)10-24-18(27)30-19(2,3)4/h5,7,9,13,15H,6,8,10-11H2,1-4H3,(H,24,27)(H,25,26)/t13-,15+/m1/s1. The topological polar surface area (TPSA) is 85.9 Å². The molecule has 1 fully saturated rings. The Morgan fingerprint density at radius 3 is 2.53 bits per heavy atom. The maximum Gasteiger partial charge on any atom is 0.422 e. The quantitative estimate of drug-likeness (QED) is 0.711. The molecule has 1 aromatic carbocycles. The predicted octanol–water partition coefficient (Wildman–Crippen LogP) is 3.95. The van der Waals surface area contributed by atoms with Gasteiger partial charge in [-0.3, -0.25) is 4.79 Å². The van der Waals surface area contributed by atoms with Crippen LogP contribution in [0.25, 0.3) is 0 Å². The minimum Gasteiger partial charge on any atom is -0.482 e. The second kappa shape index (κ2) is 9.55. The number of carbonyl (C=O) groups is 2. The zero-order chi connectivity index (χ0) is 22.5. The van der Waals surface area contributed by atoms with E-state index < -0.39 is 36.5 Å². The van der Waals surface area contributed by atoms with Gasteiger partial charge in [0.05, 0.1) is 11.8 Å². The molecule has 0 spiro atoms. The molecular formula is C20H27F3N2O5. The number of alkyl halides is 3. The van der Waals surface area contributed by atoms with Crippen molar-refractivity contribution in [1.82, 2.24) is 5.32 Å². The van der Waals surface area contributed by atoms with Crippen LogP contribution in [-0.2, 0) is 14.3 Å². The molecular weight excluding hydrogens is 405 g/mol. The molecule has 1 heterocycles. The van der Waals surface area contributed by atoms with Gasteiger partial charge in [0.1, 0.15) is 17.5 Å². The molecule has 1 saturated heterocycles.